The van der Waals surface area contributed by atoms with Crippen molar-refractivity contribution in [1.82, 2.24) is 0 Å². The summed E-state index contributed by atoms with van der Waals surface area (Å²) in [6, 6.07) is 2.08. The molecule has 0 spiro atoms. The Balaban J connectivity index is 3.36. The normalized spacial score (nSPS) is 9.92. The molecule has 12 heavy (non-hydrogen) atoms. The van der Waals surface area contributed by atoms with E-state index < -0.39 is 22.2 Å². The molecule has 0 aromatic heterocycles. The second-order valence-electron chi connectivity index (χ2n) is 1.95. The van der Waals surface area contributed by atoms with E-state index in [9.17, 15) is 18.9 Å². The monoisotopic (exact) mass is 285 g/mol. The summed E-state index contributed by atoms with van der Waals surface area (Å²) < 4.78 is 25.4. The van der Waals surface area contributed by atoms with Gasteiger partial charge in [-0.2, -0.15) is 4.39 Å². The minimum atomic E-state index is -1.41. The highest BCUT2D eigenvalue weighted by Crippen LogP contribution is 2.22. The van der Waals surface area contributed by atoms with Gasteiger partial charge in [0.25, 0.3) is 0 Å². The van der Waals surface area contributed by atoms with Crippen molar-refractivity contribution in [2.75, 3.05) is 0 Å². The number of rotatable bonds is 1. The molecule has 0 bridgehead atoms. The highest BCUT2D eigenvalue weighted by atomic mass is 127. The molecule has 0 saturated carbocycles. The topological polar surface area (TPSA) is 43.1 Å². The highest BCUT2D eigenvalue weighted by Gasteiger charge is 2.19. The van der Waals surface area contributed by atoms with Crippen LogP contribution in [0.1, 0.15) is 0 Å². The van der Waals surface area contributed by atoms with Crippen molar-refractivity contribution in [3.05, 3.63) is 37.5 Å². The van der Waals surface area contributed by atoms with Crippen LogP contribution in [0.3, 0.4) is 0 Å². The maximum Gasteiger partial charge on any atom is 0.307 e. The summed E-state index contributed by atoms with van der Waals surface area (Å²) in [7, 11) is 0. The van der Waals surface area contributed by atoms with Crippen molar-refractivity contribution < 1.29 is 13.7 Å². The molecule has 1 rings (SSSR count). The van der Waals surface area contributed by atoms with Gasteiger partial charge in [0.15, 0.2) is 5.82 Å². The molecular weight excluding hydrogens is 283 g/mol. The summed E-state index contributed by atoms with van der Waals surface area (Å²) in [6.07, 6.45) is 0. The van der Waals surface area contributed by atoms with Crippen LogP contribution in [0.5, 0.6) is 0 Å². The number of hydrogen-bond donors (Lipinski definition) is 0. The fourth-order valence-electron chi connectivity index (χ4n) is 0.657. The molecule has 1 aromatic carbocycles. The second kappa shape index (κ2) is 3.30. The Morgan fingerprint density at radius 3 is 2.42 bits per heavy atom. The van der Waals surface area contributed by atoms with Gasteiger partial charge >= 0.3 is 5.69 Å². The largest absolute Gasteiger partial charge is 0.307 e. The predicted molar refractivity (Wildman–Crippen MR) is 45.7 cm³/mol. The summed E-state index contributed by atoms with van der Waals surface area (Å²) in [5.74, 6) is -2.59. The maximum atomic E-state index is 12.7. The van der Waals surface area contributed by atoms with Crippen LogP contribution in [-0.4, -0.2) is 4.92 Å². The second-order valence-corrected chi connectivity index (χ2v) is 3.11. The summed E-state index contributed by atoms with van der Waals surface area (Å²) in [5, 5.41) is 10.1. The van der Waals surface area contributed by atoms with Crippen LogP contribution in [0.4, 0.5) is 14.5 Å². The fraction of sp³-hybridized carbons (Fsp3) is 0. The van der Waals surface area contributed by atoms with Crippen LogP contribution in [0.2, 0.25) is 0 Å². The Morgan fingerprint density at radius 1 is 1.33 bits per heavy atom. The minimum absolute atomic E-state index is 0.0238. The first-order chi connectivity index (χ1) is 5.54. The van der Waals surface area contributed by atoms with E-state index in [1.807, 2.05) is 0 Å². The highest BCUT2D eigenvalue weighted by molar-refractivity contribution is 14.1. The average molecular weight is 285 g/mol. The molecule has 6 heteroatoms. The third kappa shape index (κ3) is 1.52. The fourth-order valence-corrected chi connectivity index (χ4v) is 1.07. The molecule has 0 aliphatic heterocycles. The summed E-state index contributed by atoms with van der Waals surface area (Å²) in [5.41, 5.74) is -0.840. The van der Waals surface area contributed by atoms with Crippen LogP contribution < -0.4 is 0 Å². The van der Waals surface area contributed by atoms with Crippen LogP contribution in [0.25, 0.3) is 0 Å². The van der Waals surface area contributed by atoms with Crippen LogP contribution in [-0.2, 0) is 0 Å². The van der Waals surface area contributed by atoms with Gasteiger partial charge in [0.05, 0.1) is 8.49 Å². The van der Waals surface area contributed by atoms with E-state index in [-0.39, 0.29) is 3.57 Å². The number of nitro benzene ring substituents is 1. The van der Waals surface area contributed by atoms with Crippen molar-refractivity contribution >= 4 is 28.3 Å². The number of nitro groups is 1. The molecule has 0 radical (unpaired) electrons. The van der Waals surface area contributed by atoms with Crippen LogP contribution >= 0.6 is 22.6 Å². The van der Waals surface area contributed by atoms with Gasteiger partial charge in [-0.1, -0.05) is 0 Å². The van der Waals surface area contributed by atoms with E-state index >= 15 is 0 Å². The zero-order chi connectivity index (χ0) is 9.30. The standard InChI is InChI=1S/C6H2F2INO2/c7-5-3(9)1-2-4(6(5)8)10(11)12/h1-2H. The van der Waals surface area contributed by atoms with Crippen molar-refractivity contribution in [3.63, 3.8) is 0 Å². The van der Waals surface area contributed by atoms with E-state index in [0.29, 0.717) is 0 Å². The molecule has 1 aromatic rings. The molecule has 0 amide bonds. The molecule has 0 N–H and O–H groups in total. The summed E-state index contributed by atoms with van der Waals surface area (Å²) in [4.78, 5) is 9.12. The first kappa shape index (κ1) is 9.30. The summed E-state index contributed by atoms with van der Waals surface area (Å²) in [6.45, 7) is 0. The molecule has 0 fully saturated rings. The van der Waals surface area contributed by atoms with E-state index in [1.54, 1.807) is 22.6 Å². The first-order valence-electron chi connectivity index (χ1n) is 2.82. The lowest BCUT2D eigenvalue weighted by Gasteiger charge is -1.96. The Hall–Kier alpha value is -0.790. The SMILES string of the molecule is O=[N+]([O-])c1ccc(I)c(F)c1F. The van der Waals surface area contributed by atoms with E-state index in [2.05, 4.69) is 0 Å². The van der Waals surface area contributed by atoms with Gasteiger partial charge in [0, 0.05) is 6.07 Å². The van der Waals surface area contributed by atoms with Gasteiger partial charge in [-0.15, -0.1) is 0 Å². The quantitative estimate of drug-likeness (QED) is 0.344. The van der Waals surface area contributed by atoms with Crippen molar-refractivity contribution in [2.24, 2.45) is 0 Å². The lowest BCUT2D eigenvalue weighted by Crippen LogP contribution is -1.96. The van der Waals surface area contributed by atoms with Crippen molar-refractivity contribution in [2.45, 2.75) is 0 Å². The number of hydrogen-bond acceptors (Lipinski definition) is 2. The Labute approximate surface area is 79.7 Å². The Bertz CT molecular complexity index is 343. The van der Waals surface area contributed by atoms with Gasteiger partial charge in [0.1, 0.15) is 0 Å². The maximum absolute atomic E-state index is 12.7. The third-order valence-corrected chi connectivity index (χ3v) is 2.04. The molecule has 0 saturated heterocycles. The lowest BCUT2D eigenvalue weighted by atomic mass is 10.3. The van der Waals surface area contributed by atoms with Gasteiger partial charge in [0.2, 0.25) is 5.82 Å². The first-order valence-corrected chi connectivity index (χ1v) is 3.90. The molecule has 0 aliphatic carbocycles. The minimum Gasteiger partial charge on any atom is -0.258 e. The van der Waals surface area contributed by atoms with Gasteiger partial charge in [-0.05, 0) is 28.7 Å². The molecule has 0 unspecified atom stereocenters. The summed E-state index contributed by atoms with van der Waals surface area (Å²) >= 11 is 1.55. The predicted octanol–water partition coefficient (Wildman–Crippen LogP) is 2.48. The molecule has 0 aliphatic rings. The average Bonchev–Trinajstić information content (AvgIpc) is 2.00. The van der Waals surface area contributed by atoms with Gasteiger partial charge in [-0.25, -0.2) is 4.39 Å². The molecular formula is C6H2F2INO2. The zero-order valence-electron chi connectivity index (χ0n) is 5.55. The zero-order valence-corrected chi connectivity index (χ0v) is 7.71. The lowest BCUT2D eigenvalue weighted by molar-refractivity contribution is -0.387. The Kier molecular flexibility index (Phi) is 2.55. The van der Waals surface area contributed by atoms with E-state index in [0.717, 1.165) is 12.1 Å². The molecule has 0 heterocycles. The number of benzene rings is 1. The number of halogens is 3. The smallest absolute Gasteiger partial charge is 0.258 e. The van der Waals surface area contributed by atoms with Gasteiger partial charge in [-0.3, -0.25) is 10.1 Å². The Morgan fingerprint density at radius 2 is 1.92 bits per heavy atom. The third-order valence-electron chi connectivity index (χ3n) is 1.21. The van der Waals surface area contributed by atoms with Crippen LogP contribution in [0.15, 0.2) is 12.1 Å². The van der Waals surface area contributed by atoms with Crippen molar-refractivity contribution in [1.29, 1.82) is 0 Å². The van der Waals surface area contributed by atoms with E-state index in [1.165, 1.54) is 0 Å². The van der Waals surface area contributed by atoms with Gasteiger partial charge < -0.3 is 0 Å². The van der Waals surface area contributed by atoms with E-state index in [4.69, 9.17) is 0 Å². The molecule has 3 nitrogen and oxygen atoms in total. The van der Waals surface area contributed by atoms with Crippen molar-refractivity contribution in [3.8, 4) is 0 Å². The molecule has 64 valence electrons. The van der Waals surface area contributed by atoms with Crippen LogP contribution in [0, 0.1) is 25.3 Å². The molecule has 0 atom stereocenters. The number of nitrogens with zero attached hydrogens (tertiary/aromatic N) is 1.